The molecule has 0 spiro atoms. The zero-order chi connectivity index (χ0) is 24.9. The summed E-state index contributed by atoms with van der Waals surface area (Å²) in [7, 11) is 0. The highest BCUT2D eigenvalue weighted by atomic mass is 16.4. The standard InChI is InChI=1S/C30H48O4/c1-18(2)19-9-14-29(17-31)15-16-30(25(33)34)20(24(19)29)7-8-22-27(5)12-11-23(32)26(3,4)21(27)10-13-28(22,30)6/h19-24,31-32H,1,7-17H2,2-6H3,(H,33,34)/t19-,20+,21-,22-,23-,24+,27-,28+,29+,30+/m0/s1. The molecular formula is C30H48O4. The summed E-state index contributed by atoms with van der Waals surface area (Å²) in [5, 5.41) is 32.7. The second kappa shape index (κ2) is 7.57. The third kappa shape index (κ3) is 2.76. The van der Waals surface area contributed by atoms with Crippen LogP contribution in [0.25, 0.3) is 0 Å². The Hall–Kier alpha value is -0.870. The van der Waals surface area contributed by atoms with E-state index in [0.717, 1.165) is 57.8 Å². The van der Waals surface area contributed by atoms with Gasteiger partial charge in [-0.05, 0) is 122 Å². The molecule has 192 valence electrons. The van der Waals surface area contributed by atoms with Gasteiger partial charge in [0.2, 0.25) is 0 Å². The van der Waals surface area contributed by atoms with Crippen LogP contribution in [0.2, 0.25) is 0 Å². The molecule has 10 atom stereocenters. The molecule has 0 aromatic carbocycles. The van der Waals surface area contributed by atoms with E-state index in [2.05, 4.69) is 41.2 Å². The second-order valence-corrected chi connectivity index (χ2v) is 14.4. The van der Waals surface area contributed by atoms with Crippen molar-refractivity contribution in [1.82, 2.24) is 0 Å². The molecule has 0 bridgehead atoms. The Kier molecular flexibility index (Phi) is 5.52. The van der Waals surface area contributed by atoms with Crippen molar-refractivity contribution in [1.29, 1.82) is 0 Å². The van der Waals surface area contributed by atoms with Gasteiger partial charge in [-0.15, -0.1) is 0 Å². The fraction of sp³-hybridized carbons (Fsp3) is 0.900. The number of hydrogen-bond acceptors (Lipinski definition) is 3. The van der Waals surface area contributed by atoms with E-state index in [9.17, 15) is 20.1 Å². The SMILES string of the molecule is C=C(C)[C@@H]1CC[C@]2(CO)CC[C@]3(C(=O)O)[C@H](CC[C@H]4[C@@]5(C)CC[C@H](O)C(C)(C)[C@@H]5CC[C@]43C)[C@@H]12. The Bertz CT molecular complexity index is 879. The molecule has 5 aliphatic carbocycles. The van der Waals surface area contributed by atoms with Gasteiger partial charge in [0.05, 0.1) is 11.5 Å². The Morgan fingerprint density at radius 2 is 1.62 bits per heavy atom. The maximum Gasteiger partial charge on any atom is 0.310 e. The number of carboxylic acid groups (broad SMARTS) is 1. The topological polar surface area (TPSA) is 77.8 Å². The van der Waals surface area contributed by atoms with Crippen LogP contribution in [0, 0.1) is 56.7 Å². The lowest BCUT2D eigenvalue weighted by atomic mass is 9.32. The summed E-state index contributed by atoms with van der Waals surface area (Å²) >= 11 is 0. The number of hydrogen-bond donors (Lipinski definition) is 3. The molecule has 0 aliphatic heterocycles. The molecule has 5 saturated carbocycles. The van der Waals surface area contributed by atoms with Gasteiger partial charge in [-0.3, -0.25) is 4.79 Å². The Labute approximate surface area is 206 Å². The second-order valence-electron chi connectivity index (χ2n) is 14.4. The molecule has 5 rings (SSSR count). The van der Waals surface area contributed by atoms with Crippen molar-refractivity contribution < 1.29 is 20.1 Å². The van der Waals surface area contributed by atoms with Crippen LogP contribution in [0.15, 0.2) is 12.2 Å². The molecule has 0 aromatic rings. The van der Waals surface area contributed by atoms with Crippen LogP contribution < -0.4 is 0 Å². The predicted molar refractivity (Wildman–Crippen MR) is 134 cm³/mol. The van der Waals surface area contributed by atoms with Gasteiger partial charge in [0.1, 0.15) is 0 Å². The average Bonchev–Trinajstić information content (AvgIpc) is 3.17. The van der Waals surface area contributed by atoms with Crippen molar-refractivity contribution >= 4 is 5.97 Å². The van der Waals surface area contributed by atoms with E-state index in [1.807, 2.05) is 0 Å². The van der Waals surface area contributed by atoms with Crippen LogP contribution in [0.5, 0.6) is 0 Å². The third-order valence-electron chi connectivity index (χ3n) is 13.3. The predicted octanol–water partition coefficient (Wildman–Crippen LogP) is 6.06. The summed E-state index contributed by atoms with van der Waals surface area (Å²) in [5.74, 6) is 0.877. The lowest BCUT2D eigenvalue weighted by molar-refractivity contribution is -0.255. The summed E-state index contributed by atoms with van der Waals surface area (Å²) in [5.41, 5.74) is -0.00307. The van der Waals surface area contributed by atoms with Gasteiger partial charge < -0.3 is 15.3 Å². The minimum absolute atomic E-state index is 0.0676. The van der Waals surface area contributed by atoms with Crippen molar-refractivity contribution in [2.24, 2.45) is 56.7 Å². The smallest absolute Gasteiger partial charge is 0.310 e. The Morgan fingerprint density at radius 1 is 0.912 bits per heavy atom. The molecular weight excluding hydrogens is 424 g/mol. The van der Waals surface area contributed by atoms with E-state index in [1.165, 1.54) is 5.57 Å². The van der Waals surface area contributed by atoms with E-state index in [4.69, 9.17) is 0 Å². The first-order chi connectivity index (χ1) is 15.8. The first-order valence-corrected chi connectivity index (χ1v) is 14.0. The molecule has 34 heavy (non-hydrogen) atoms. The molecule has 0 radical (unpaired) electrons. The van der Waals surface area contributed by atoms with Crippen molar-refractivity contribution in [2.75, 3.05) is 6.61 Å². The number of carbonyl (C=O) groups is 1. The molecule has 0 heterocycles. The quantitative estimate of drug-likeness (QED) is 0.436. The average molecular weight is 473 g/mol. The van der Waals surface area contributed by atoms with Gasteiger partial charge in [-0.25, -0.2) is 0 Å². The summed E-state index contributed by atoms with van der Waals surface area (Å²) in [6.45, 7) is 15.9. The minimum Gasteiger partial charge on any atom is -0.481 e. The summed E-state index contributed by atoms with van der Waals surface area (Å²) in [4.78, 5) is 13.5. The van der Waals surface area contributed by atoms with Gasteiger partial charge in [0.15, 0.2) is 0 Å². The van der Waals surface area contributed by atoms with Crippen LogP contribution in [-0.2, 0) is 4.79 Å². The van der Waals surface area contributed by atoms with E-state index >= 15 is 0 Å². The molecule has 0 aromatic heterocycles. The van der Waals surface area contributed by atoms with Crippen LogP contribution in [0.4, 0.5) is 0 Å². The normalized spacial score (nSPS) is 53.7. The number of carboxylic acids is 1. The third-order valence-corrected chi connectivity index (χ3v) is 13.3. The minimum atomic E-state index is -0.731. The summed E-state index contributed by atoms with van der Waals surface area (Å²) < 4.78 is 0. The molecule has 5 fully saturated rings. The van der Waals surface area contributed by atoms with Crippen molar-refractivity contribution in [2.45, 2.75) is 105 Å². The van der Waals surface area contributed by atoms with Gasteiger partial charge in [-0.1, -0.05) is 39.8 Å². The molecule has 0 unspecified atom stereocenters. The van der Waals surface area contributed by atoms with E-state index in [1.54, 1.807) is 0 Å². The van der Waals surface area contributed by atoms with Crippen LogP contribution in [0.3, 0.4) is 0 Å². The zero-order valence-corrected chi connectivity index (χ0v) is 22.2. The number of aliphatic hydroxyl groups excluding tert-OH is 2. The number of allylic oxidation sites excluding steroid dienone is 1. The number of aliphatic carboxylic acids is 1. The van der Waals surface area contributed by atoms with E-state index < -0.39 is 11.4 Å². The highest BCUT2D eigenvalue weighted by Gasteiger charge is 2.74. The zero-order valence-electron chi connectivity index (χ0n) is 22.2. The number of fused-ring (bicyclic) bond motifs is 7. The summed E-state index contributed by atoms with van der Waals surface area (Å²) in [6, 6.07) is 0. The van der Waals surface area contributed by atoms with Gasteiger partial charge in [0, 0.05) is 6.61 Å². The van der Waals surface area contributed by atoms with Crippen molar-refractivity contribution in [3.05, 3.63) is 12.2 Å². The highest BCUT2D eigenvalue weighted by molar-refractivity contribution is 5.77. The van der Waals surface area contributed by atoms with Gasteiger partial charge in [0.25, 0.3) is 0 Å². The van der Waals surface area contributed by atoms with E-state index in [-0.39, 0.29) is 46.2 Å². The number of rotatable bonds is 3. The monoisotopic (exact) mass is 472 g/mol. The van der Waals surface area contributed by atoms with Crippen LogP contribution in [-0.4, -0.2) is 34.0 Å². The first-order valence-electron chi connectivity index (χ1n) is 14.0. The van der Waals surface area contributed by atoms with E-state index in [0.29, 0.717) is 24.2 Å². The van der Waals surface area contributed by atoms with Crippen LogP contribution in [0.1, 0.15) is 98.8 Å². The fourth-order valence-corrected chi connectivity index (χ4v) is 11.7. The molecule has 0 saturated heterocycles. The maximum atomic E-state index is 13.5. The largest absolute Gasteiger partial charge is 0.481 e. The van der Waals surface area contributed by atoms with Crippen molar-refractivity contribution in [3.8, 4) is 0 Å². The number of aliphatic hydroxyl groups is 2. The highest BCUT2D eigenvalue weighted by Crippen LogP contribution is 2.77. The molecule has 5 aliphatic rings. The van der Waals surface area contributed by atoms with Gasteiger partial charge >= 0.3 is 5.97 Å². The molecule has 0 amide bonds. The maximum absolute atomic E-state index is 13.5. The Morgan fingerprint density at radius 3 is 2.24 bits per heavy atom. The lowest BCUT2D eigenvalue weighted by Crippen LogP contribution is -2.69. The summed E-state index contributed by atoms with van der Waals surface area (Å²) in [6.07, 6.45) is 9.11. The van der Waals surface area contributed by atoms with Crippen LogP contribution >= 0.6 is 0 Å². The fourth-order valence-electron chi connectivity index (χ4n) is 11.7. The first kappa shape index (κ1) is 24.8. The molecule has 4 heteroatoms. The van der Waals surface area contributed by atoms with Gasteiger partial charge in [-0.2, -0.15) is 0 Å². The Balaban J connectivity index is 1.62. The van der Waals surface area contributed by atoms with Crippen molar-refractivity contribution in [3.63, 3.8) is 0 Å². The lowest BCUT2D eigenvalue weighted by Gasteiger charge is -2.72. The molecule has 4 nitrogen and oxygen atoms in total. The molecule has 3 N–H and O–H groups in total.